The van der Waals surface area contributed by atoms with Crippen molar-refractivity contribution in [3.8, 4) is 67.3 Å². The van der Waals surface area contributed by atoms with Gasteiger partial charge in [0.15, 0.2) is 5.82 Å². The average Bonchev–Trinajstić information content (AvgIpc) is 3.24. The number of aryl methyl sites for hydroxylation is 1. The third-order valence-corrected chi connectivity index (χ3v) is 10.1. The maximum Gasteiger partial charge on any atom is 0.160 e. The molecule has 0 fully saturated rings. The van der Waals surface area contributed by atoms with Crippen LogP contribution in [0.5, 0.6) is 0 Å². The second-order valence-corrected chi connectivity index (χ2v) is 14.2. The van der Waals surface area contributed by atoms with Gasteiger partial charge in [0.25, 0.3) is 0 Å². The molecule has 6 aromatic carbocycles. The van der Waals surface area contributed by atoms with Crippen LogP contribution in [0, 0.1) is 6.92 Å². The Bertz CT molecular complexity index is 2770. The highest BCUT2D eigenvalue weighted by Gasteiger charge is 2.15. The lowest BCUT2D eigenvalue weighted by Crippen LogP contribution is -1.97. The summed E-state index contributed by atoms with van der Waals surface area (Å²) in [6, 6.07) is 59.7. The first-order chi connectivity index (χ1) is 26.5. The van der Waals surface area contributed by atoms with Crippen LogP contribution in [0.3, 0.4) is 0 Å². The predicted molar refractivity (Wildman–Crippen MR) is 224 cm³/mol. The Kier molecular flexibility index (Phi) is 8.57. The van der Waals surface area contributed by atoms with E-state index in [4.69, 9.17) is 19.9 Å². The van der Waals surface area contributed by atoms with E-state index >= 15 is 0 Å². The van der Waals surface area contributed by atoms with Gasteiger partial charge in [-0.1, -0.05) is 159 Å². The minimum atomic E-state index is 0.280. The topological polar surface area (TPSA) is 51.6 Å². The first-order valence-electron chi connectivity index (χ1n) is 18.5. The van der Waals surface area contributed by atoms with E-state index < -0.39 is 0 Å². The van der Waals surface area contributed by atoms with Gasteiger partial charge in [-0.3, -0.25) is 9.97 Å². The monoisotopic (exact) mass is 694 g/mol. The molecule has 0 aliphatic rings. The quantitative estimate of drug-likeness (QED) is 0.156. The maximum absolute atomic E-state index is 5.14. The number of aromatic nitrogens is 4. The van der Waals surface area contributed by atoms with E-state index in [0.29, 0.717) is 5.82 Å². The molecule has 0 saturated heterocycles. The Morgan fingerprint density at radius 3 is 1.57 bits per heavy atom. The van der Waals surface area contributed by atoms with Crippen molar-refractivity contribution in [1.29, 1.82) is 0 Å². The zero-order chi connectivity index (χ0) is 36.6. The molecule has 0 bridgehead atoms. The molecular formula is C50H38N4. The largest absolute Gasteiger partial charge is 0.251 e. The molecule has 0 amide bonds. The smallest absolute Gasteiger partial charge is 0.160 e. The van der Waals surface area contributed by atoms with E-state index in [-0.39, 0.29) is 5.92 Å². The second-order valence-electron chi connectivity index (χ2n) is 14.2. The Morgan fingerprint density at radius 2 is 0.926 bits per heavy atom. The molecule has 3 aromatic heterocycles. The lowest BCUT2D eigenvalue weighted by Gasteiger charge is -2.15. The summed E-state index contributed by atoms with van der Waals surface area (Å²) in [5.74, 6) is 0.984. The fourth-order valence-corrected chi connectivity index (χ4v) is 7.15. The predicted octanol–water partition coefficient (Wildman–Crippen LogP) is 13.0. The number of pyridine rings is 2. The van der Waals surface area contributed by atoms with Crippen molar-refractivity contribution in [1.82, 2.24) is 19.9 Å². The van der Waals surface area contributed by atoms with Gasteiger partial charge in [-0.05, 0) is 70.5 Å². The fraction of sp³-hybridized carbons (Fsp3) is 0.0800. The minimum absolute atomic E-state index is 0.280. The van der Waals surface area contributed by atoms with Gasteiger partial charge in [0.1, 0.15) is 0 Å². The highest BCUT2D eigenvalue weighted by molar-refractivity contribution is 6.08. The van der Waals surface area contributed by atoms with Gasteiger partial charge in [-0.2, -0.15) is 0 Å². The zero-order valence-corrected chi connectivity index (χ0v) is 30.5. The van der Waals surface area contributed by atoms with Crippen molar-refractivity contribution in [2.75, 3.05) is 0 Å². The molecule has 0 N–H and O–H groups in total. The number of rotatable bonds is 7. The molecule has 0 aliphatic carbocycles. The van der Waals surface area contributed by atoms with Gasteiger partial charge < -0.3 is 0 Å². The van der Waals surface area contributed by atoms with E-state index in [1.165, 1.54) is 16.7 Å². The SMILES string of the molecule is Cc1ccc2ccc3c(-c4cccc(-c5ccc(-c6cc(-c7ccc(-c8ccccc8)cc7)nc(-c7ccccc7)n6)cc5)c4)cc(C(C)C)nc3c2n1. The number of hydrogen-bond donors (Lipinski definition) is 0. The van der Waals surface area contributed by atoms with Crippen molar-refractivity contribution in [3.63, 3.8) is 0 Å². The lowest BCUT2D eigenvalue weighted by atomic mass is 9.93. The number of hydrogen-bond acceptors (Lipinski definition) is 4. The summed E-state index contributed by atoms with van der Waals surface area (Å²) >= 11 is 0. The third kappa shape index (κ3) is 6.44. The number of fused-ring (bicyclic) bond motifs is 3. The van der Waals surface area contributed by atoms with E-state index in [1.807, 2.05) is 31.2 Å². The number of benzene rings is 6. The van der Waals surface area contributed by atoms with Crippen molar-refractivity contribution in [3.05, 3.63) is 181 Å². The second kappa shape index (κ2) is 14.0. The van der Waals surface area contributed by atoms with Crippen molar-refractivity contribution in [2.24, 2.45) is 0 Å². The van der Waals surface area contributed by atoms with Crippen molar-refractivity contribution >= 4 is 21.8 Å². The standard InChI is InChI=1S/C50H38N4/c1-32(2)45-30-44(43-28-27-39-18-17-33(3)51-48(39)49(43)52-45)42-16-10-15-41(29-42)36-21-25-38(26-22-36)47-31-46(53-50(54-47)40-13-8-5-9-14-40)37-23-19-35(20-24-37)34-11-6-4-7-12-34/h4-32H,1-3H3. The van der Waals surface area contributed by atoms with Crippen LogP contribution < -0.4 is 0 Å². The Morgan fingerprint density at radius 1 is 0.389 bits per heavy atom. The molecule has 0 aliphatic heterocycles. The van der Waals surface area contributed by atoms with Crippen LogP contribution in [0.1, 0.15) is 31.2 Å². The van der Waals surface area contributed by atoms with Crippen LogP contribution >= 0.6 is 0 Å². The molecule has 0 spiro atoms. The van der Waals surface area contributed by atoms with Gasteiger partial charge in [-0.15, -0.1) is 0 Å². The van der Waals surface area contributed by atoms with E-state index in [1.54, 1.807) is 0 Å². The van der Waals surface area contributed by atoms with Crippen molar-refractivity contribution in [2.45, 2.75) is 26.7 Å². The molecule has 4 nitrogen and oxygen atoms in total. The molecule has 0 saturated carbocycles. The van der Waals surface area contributed by atoms with E-state index in [2.05, 4.69) is 159 Å². The van der Waals surface area contributed by atoms with E-state index in [9.17, 15) is 0 Å². The molecule has 3 heterocycles. The molecule has 0 atom stereocenters. The van der Waals surface area contributed by atoms with E-state index in [0.717, 1.165) is 78.0 Å². The van der Waals surface area contributed by atoms with Crippen LogP contribution in [0.15, 0.2) is 170 Å². The molecule has 0 unspecified atom stereocenters. The van der Waals surface area contributed by atoms with Gasteiger partial charge in [-0.25, -0.2) is 9.97 Å². The molecular weight excluding hydrogens is 657 g/mol. The van der Waals surface area contributed by atoms with Gasteiger partial charge in [0, 0.05) is 38.9 Å². The highest BCUT2D eigenvalue weighted by Crippen LogP contribution is 2.36. The fourth-order valence-electron chi connectivity index (χ4n) is 7.15. The summed E-state index contributed by atoms with van der Waals surface area (Å²) in [6.45, 7) is 6.44. The summed E-state index contributed by atoms with van der Waals surface area (Å²) in [6.07, 6.45) is 0. The summed E-state index contributed by atoms with van der Waals surface area (Å²) < 4.78 is 0. The average molecular weight is 695 g/mol. The Labute approximate surface area is 315 Å². The Hall–Kier alpha value is -6.78. The molecule has 258 valence electrons. The van der Waals surface area contributed by atoms with Gasteiger partial charge >= 0.3 is 0 Å². The molecule has 9 aromatic rings. The van der Waals surface area contributed by atoms with Crippen LogP contribution in [0.4, 0.5) is 0 Å². The van der Waals surface area contributed by atoms with Crippen LogP contribution in [0.25, 0.3) is 89.1 Å². The maximum atomic E-state index is 5.14. The Balaban J connectivity index is 1.09. The molecule has 54 heavy (non-hydrogen) atoms. The molecule has 4 heteroatoms. The van der Waals surface area contributed by atoms with Crippen LogP contribution in [-0.4, -0.2) is 19.9 Å². The highest BCUT2D eigenvalue weighted by atomic mass is 14.9. The summed E-state index contributed by atoms with van der Waals surface area (Å²) in [7, 11) is 0. The van der Waals surface area contributed by atoms with Crippen LogP contribution in [0.2, 0.25) is 0 Å². The first kappa shape index (κ1) is 33.1. The normalized spacial score (nSPS) is 11.4. The molecule has 9 rings (SSSR count). The number of nitrogens with zero attached hydrogens (tertiary/aromatic N) is 4. The molecule has 0 radical (unpaired) electrons. The van der Waals surface area contributed by atoms with Crippen molar-refractivity contribution < 1.29 is 0 Å². The summed E-state index contributed by atoms with van der Waals surface area (Å²) in [5.41, 5.74) is 15.8. The van der Waals surface area contributed by atoms with Crippen LogP contribution in [-0.2, 0) is 0 Å². The van der Waals surface area contributed by atoms with Gasteiger partial charge in [0.2, 0.25) is 0 Å². The first-order valence-corrected chi connectivity index (χ1v) is 18.5. The lowest BCUT2D eigenvalue weighted by molar-refractivity contribution is 0.831. The summed E-state index contributed by atoms with van der Waals surface area (Å²) in [4.78, 5) is 20.2. The minimum Gasteiger partial charge on any atom is -0.251 e. The zero-order valence-electron chi connectivity index (χ0n) is 30.5. The van der Waals surface area contributed by atoms with Gasteiger partial charge in [0.05, 0.1) is 22.4 Å². The summed E-state index contributed by atoms with van der Waals surface area (Å²) in [5, 5.41) is 2.22. The third-order valence-electron chi connectivity index (χ3n) is 10.1.